The van der Waals surface area contributed by atoms with E-state index in [0.717, 1.165) is 29.8 Å². The SMILES string of the molecule is CCCCCC(C)c1ccc(N(CCCCc2ccc(C(=O)O)s2)C(C)=O)cc1. The highest BCUT2D eigenvalue weighted by molar-refractivity contribution is 7.13. The van der Waals surface area contributed by atoms with E-state index in [9.17, 15) is 9.59 Å². The van der Waals surface area contributed by atoms with Crippen LogP contribution < -0.4 is 4.90 Å². The molecule has 1 heterocycles. The molecule has 1 unspecified atom stereocenters. The first-order valence-electron chi connectivity index (χ1n) is 10.6. The summed E-state index contributed by atoms with van der Waals surface area (Å²) < 4.78 is 0. The van der Waals surface area contributed by atoms with E-state index in [1.807, 2.05) is 11.0 Å². The molecule has 0 saturated carbocycles. The summed E-state index contributed by atoms with van der Waals surface area (Å²) in [6, 6.07) is 12.0. The van der Waals surface area contributed by atoms with E-state index in [2.05, 4.69) is 38.1 Å². The average molecular weight is 416 g/mol. The molecule has 5 heteroatoms. The molecule has 4 nitrogen and oxygen atoms in total. The first-order valence-corrected chi connectivity index (χ1v) is 11.4. The van der Waals surface area contributed by atoms with Crippen LogP contribution in [-0.2, 0) is 11.2 Å². The first kappa shape index (κ1) is 23.1. The van der Waals surface area contributed by atoms with Crippen molar-refractivity contribution in [3.8, 4) is 0 Å². The number of benzene rings is 1. The van der Waals surface area contributed by atoms with Gasteiger partial charge in [-0.1, -0.05) is 45.2 Å². The Kier molecular flexibility index (Phi) is 9.39. The predicted molar refractivity (Wildman–Crippen MR) is 121 cm³/mol. The normalized spacial score (nSPS) is 12.0. The van der Waals surface area contributed by atoms with Gasteiger partial charge in [0.25, 0.3) is 0 Å². The fraction of sp³-hybridized carbons (Fsp3) is 0.500. The third-order valence-corrected chi connectivity index (χ3v) is 6.45. The lowest BCUT2D eigenvalue weighted by Gasteiger charge is -2.22. The minimum atomic E-state index is -0.868. The Hall–Kier alpha value is -2.14. The molecule has 0 aliphatic carbocycles. The van der Waals surface area contributed by atoms with Crippen molar-refractivity contribution in [2.75, 3.05) is 11.4 Å². The highest BCUT2D eigenvalue weighted by Gasteiger charge is 2.13. The highest BCUT2D eigenvalue weighted by atomic mass is 32.1. The summed E-state index contributed by atoms with van der Waals surface area (Å²) >= 11 is 1.33. The number of hydrogen-bond donors (Lipinski definition) is 1. The lowest BCUT2D eigenvalue weighted by molar-refractivity contribution is -0.116. The van der Waals surface area contributed by atoms with Crippen LogP contribution in [0.1, 0.15) is 85.3 Å². The fourth-order valence-electron chi connectivity index (χ4n) is 3.51. The molecule has 29 heavy (non-hydrogen) atoms. The molecule has 1 aromatic heterocycles. The van der Waals surface area contributed by atoms with Crippen LogP contribution in [-0.4, -0.2) is 23.5 Å². The van der Waals surface area contributed by atoms with Crippen molar-refractivity contribution in [3.05, 3.63) is 51.7 Å². The summed E-state index contributed by atoms with van der Waals surface area (Å²) in [6.45, 7) is 6.79. The Morgan fingerprint density at radius 2 is 1.76 bits per heavy atom. The smallest absolute Gasteiger partial charge is 0.345 e. The van der Waals surface area contributed by atoms with Gasteiger partial charge in [0.1, 0.15) is 4.88 Å². The van der Waals surface area contributed by atoms with Crippen LogP contribution in [0.25, 0.3) is 0 Å². The number of carbonyl (C=O) groups is 2. The number of amides is 1. The van der Waals surface area contributed by atoms with E-state index in [0.29, 0.717) is 17.3 Å². The van der Waals surface area contributed by atoms with Gasteiger partial charge < -0.3 is 10.0 Å². The number of aromatic carboxylic acids is 1. The van der Waals surface area contributed by atoms with E-state index in [1.165, 1.54) is 42.6 Å². The quantitative estimate of drug-likeness (QED) is 0.402. The van der Waals surface area contributed by atoms with E-state index in [1.54, 1.807) is 13.0 Å². The lowest BCUT2D eigenvalue weighted by atomic mass is 9.95. The van der Waals surface area contributed by atoms with Crippen molar-refractivity contribution in [2.24, 2.45) is 0 Å². The Morgan fingerprint density at radius 3 is 2.34 bits per heavy atom. The topological polar surface area (TPSA) is 57.6 Å². The molecule has 1 amide bonds. The molecule has 0 bridgehead atoms. The second-order valence-corrected chi connectivity index (χ2v) is 8.86. The summed E-state index contributed by atoms with van der Waals surface area (Å²) in [5.74, 6) is -0.270. The maximum Gasteiger partial charge on any atom is 0.345 e. The maximum absolute atomic E-state index is 12.1. The summed E-state index contributed by atoms with van der Waals surface area (Å²) in [6.07, 6.45) is 7.64. The zero-order chi connectivity index (χ0) is 21.2. The summed E-state index contributed by atoms with van der Waals surface area (Å²) in [5, 5.41) is 9.00. The second kappa shape index (κ2) is 11.8. The number of carbonyl (C=O) groups excluding carboxylic acids is 1. The molecule has 158 valence electrons. The molecule has 1 N–H and O–H groups in total. The standard InChI is InChI=1S/C24H33NO3S/c1-4-5-6-9-18(2)20-11-13-21(14-12-20)25(19(3)26)17-8-7-10-22-15-16-23(29-22)24(27)28/h11-16,18H,4-10,17H2,1-3H3,(H,27,28). The molecular formula is C24H33NO3S. The van der Waals surface area contributed by atoms with Crippen LogP contribution in [0.5, 0.6) is 0 Å². The molecule has 0 aliphatic heterocycles. The fourth-order valence-corrected chi connectivity index (χ4v) is 4.40. The van der Waals surface area contributed by atoms with Gasteiger partial charge in [-0.05, 0) is 61.4 Å². The van der Waals surface area contributed by atoms with Crippen LogP contribution in [0.4, 0.5) is 5.69 Å². The number of unbranched alkanes of at least 4 members (excludes halogenated alkanes) is 3. The number of thiophene rings is 1. The predicted octanol–water partition coefficient (Wildman–Crippen LogP) is 6.51. The lowest BCUT2D eigenvalue weighted by Crippen LogP contribution is -2.29. The van der Waals surface area contributed by atoms with Gasteiger partial charge in [-0.2, -0.15) is 0 Å². The van der Waals surface area contributed by atoms with Crippen molar-refractivity contribution in [2.45, 2.75) is 71.6 Å². The minimum Gasteiger partial charge on any atom is -0.477 e. The number of hydrogen-bond acceptors (Lipinski definition) is 3. The van der Waals surface area contributed by atoms with Gasteiger partial charge in [-0.25, -0.2) is 4.79 Å². The molecule has 0 saturated heterocycles. The van der Waals surface area contributed by atoms with Crippen LogP contribution in [0.3, 0.4) is 0 Å². The van der Waals surface area contributed by atoms with Gasteiger partial charge >= 0.3 is 5.97 Å². The number of nitrogens with zero attached hydrogens (tertiary/aromatic N) is 1. The zero-order valence-electron chi connectivity index (χ0n) is 17.8. The third kappa shape index (κ3) is 7.32. The van der Waals surface area contributed by atoms with Gasteiger partial charge in [0, 0.05) is 24.0 Å². The average Bonchev–Trinajstić information content (AvgIpc) is 3.17. The summed E-state index contributed by atoms with van der Waals surface area (Å²) in [5.41, 5.74) is 2.28. The van der Waals surface area contributed by atoms with Gasteiger partial charge in [-0.3, -0.25) is 4.79 Å². The Bertz CT molecular complexity index is 782. The van der Waals surface area contributed by atoms with E-state index in [-0.39, 0.29) is 5.91 Å². The Balaban J connectivity index is 1.86. The van der Waals surface area contributed by atoms with Gasteiger partial charge in [0.05, 0.1) is 0 Å². The molecule has 0 radical (unpaired) electrons. The number of carboxylic acids is 1. The maximum atomic E-state index is 12.1. The van der Waals surface area contributed by atoms with E-state index >= 15 is 0 Å². The van der Waals surface area contributed by atoms with Crippen LogP contribution in [0.15, 0.2) is 36.4 Å². The third-order valence-electron chi connectivity index (χ3n) is 5.32. The Labute approximate surface area is 178 Å². The number of carboxylic acid groups (broad SMARTS) is 1. The van der Waals surface area contributed by atoms with Crippen LogP contribution in [0, 0.1) is 0 Å². The largest absolute Gasteiger partial charge is 0.477 e. The Morgan fingerprint density at radius 1 is 1.03 bits per heavy atom. The molecule has 1 atom stereocenters. The van der Waals surface area contributed by atoms with Crippen molar-refractivity contribution >= 4 is 28.9 Å². The molecule has 0 spiro atoms. The molecule has 0 fully saturated rings. The van der Waals surface area contributed by atoms with Gasteiger partial charge in [0.15, 0.2) is 0 Å². The highest BCUT2D eigenvalue weighted by Crippen LogP contribution is 2.25. The van der Waals surface area contributed by atoms with Crippen molar-refractivity contribution in [3.63, 3.8) is 0 Å². The van der Waals surface area contributed by atoms with E-state index in [4.69, 9.17) is 5.11 Å². The molecular weight excluding hydrogens is 382 g/mol. The molecule has 2 rings (SSSR count). The van der Waals surface area contributed by atoms with Crippen molar-refractivity contribution < 1.29 is 14.7 Å². The van der Waals surface area contributed by atoms with Gasteiger partial charge in [0.2, 0.25) is 5.91 Å². The second-order valence-electron chi connectivity index (χ2n) is 7.69. The number of anilines is 1. The van der Waals surface area contributed by atoms with Crippen molar-refractivity contribution in [1.29, 1.82) is 0 Å². The van der Waals surface area contributed by atoms with Crippen molar-refractivity contribution in [1.82, 2.24) is 0 Å². The minimum absolute atomic E-state index is 0.0537. The van der Waals surface area contributed by atoms with Crippen LogP contribution >= 0.6 is 11.3 Å². The van der Waals surface area contributed by atoms with Gasteiger partial charge in [-0.15, -0.1) is 11.3 Å². The zero-order valence-corrected chi connectivity index (χ0v) is 18.6. The summed E-state index contributed by atoms with van der Waals surface area (Å²) in [4.78, 5) is 26.4. The van der Waals surface area contributed by atoms with E-state index < -0.39 is 5.97 Å². The summed E-state index contributed by atoms with van der Waals surface area (Å²) in [7, 11) is 0. The first-order chi connectivity index (χ1) is 13.9. The molecule has 1 aromatic carbocycles. The number of aryl methyl sites for hydroxylation is 1. The number of rotatable bonds is 12. The monoisotopic (exact) mass is 415 g/mol. The van der Waals surface area contributed by atoms with Crippen LogP contribution in [0.2, 0.25) is 0 Å². The molecule has 0 aliphatic rings. The molecule has 2 aromatic rings.